The molecule has 0 N–H and O–H groups in total. The second-order valence-corrected chi connectivity index (χ2v) is 9.23. The van der Waals surface area contributed by atoms with Gasteiger partial charge in [0.25, 0.3) is 0 Å². The molecule has 0 aromatic heterocycles. The summed E-state index contributed by atoms with van der Waals surface area (Å²) in [6, 6.07) is 15.9. The molecule has 1 aliphatic heterocycles. The van der Waals surface area contributed by atoms with E-state index in [0.29, 0.717) is 11.8 Å². The standard InChI is InChI=1S/C26H26N2O/c1-3-24-27-26(29-28(24)2)23-16-21(20-8-9-20)10-11-22(23)17-25(26)14-12-18-6-4-5-7-19(18)13-15-25/h1,4-7,10-11,16,20H,8-9,12-15,17H2,2H3. The fourth-order valence-corrected chi connectivity index (χ4v) is 5.87. The molecule has 6 rings (SSSR count). The van der Waals surface area contributed by atoms with E-state index in [1.807, 2.05) is 7.05 Å². The van der Waals surface area contributed by atoms with Gasteiger partial charge in [0.2, 0.25) is 11.6 Å². The molecule has 2 aromatic rings. The van der Waals surface area contributed by atoms with Crippen molar-refractivity contribution in [3.8, 4) is 12.3 Å². The maximum absolute atomic E-state index is 6.63. The first kappa shape index (κ1) is 17.3. The van der Waals surface area contributed by atoms with Crippen molar-refractivity contribution in [3.63, 3.8) is 0 Å². The summed E-state index contributed by atoms with van der Waals surface area (Å²) in [6.07, 6.45) is 13.7. The van der Waals surface area contributed by atoms with E-state index in [1.165, 1.54) is 40.7 Å². The number of rotatable bonds is 1. The summed E-state index contributed by atoms with van der Waals surface area (Å²) in [5, 5.41) is 1.72. The van der Waals surface area contributed by atoms with Gasteiger partial charge in [0.05, 0.1) is 0 Å². The van der Waals surface area contributed by atoms with Crippen LogP contribution in [0.2, 0.25) is 0 Å². The van der Waals surface area contributed by atoms with E-state index < -0.39 is 5.72 Å². The summed E-state index contributed by atoms with van der Waals surface area (Å²) in [5.41, 5.74) is 6.27. The maximum atomic E-state index is 6.63. The van der Waals surface area contributed by atoms with Gasteiger partial charge in [0, 0.05) is 18.0 Å². The van der Waals surface area contributed by atoms with Crippen molar-refractivity contribution in [2.45, 2.75) is 56.6 Å². The molecule has 4 aliphatic rings. The van der Waals surface area contributed by atoms with Gasteiger partial charge in [-0.3, -0.25) is 0 Å². The number of fused-ring (bicyclic) bond motifs is 4. The number of hydrogen-bond acceptors (Lipinski definition) is 3. The highest BCUT2D eigenvalue weighted by Gasteiger charge is 2.62. The minimum Gasteiger partial charge on any atom is -0.236 e. The highest BCUT2D eigenvalue weighted by Crippen LogP contribution is 2.61. The predicted molar refractivity (Wildman–Crippen MR) is 114 cm³/mol. The number of hydrogen-bond donors (Lipinski definition) is 0. The summed E-state index contributed by atoms with van der Waals surface area (Å²) in [5.74, 6) is 4.07. The smallest absolute Gasteiger partial charge is 0.219 e. The van der Waals surface area contributed by atoms with Crippen LogP contribution in [0.25, 0.3) is 0 Å². The summed E-state index contributed by atoms with van der Waals surface area (Å²) in [6.45, 7) is 0. The van der Waals surface area contributed by atoms with E-state index in [4.69, 9.17) is 16.3 Å². The minimum atomic E-state index is -0.689. The zero-order valence-corrected chi connectivity index (χ0v) is 16.9. The number of aryl methyl sites for hydroxylation is 2. The molecule has 29 heavy (non-hydrogen) atoms. The van der Waals surface area contributed by atoms with Crippen LogP contribution in [-0.4, -0.2) is 17.9 Å². The molecule has 3 heteroatoms. The van der Waals surface area contributed by atoms with Gasteiger partial charge in [0.1, 0.15) is 0 Å². The average Bonchev–Trinajstić information content (AvgIpc) is 3.51. The third-order valence-electron chi connectivity index (χ3n) is 7.62. The highest BCUT2D eigenvalue weighted by atomic mass is 16.7. The number of amidine groups is 1. The third-order valence-corrected chi connectivity index (χ3v) is 7.62. The molecule has 2 spiro atoms. The quantitative estimate of drug-likeness (QED) is 0.665. The molecular formula is C26H26N2O. The van der Waals surface area contributed by atoms with E-state index in [1.54, 1.807) is 5.06 Å². The number of hydroxylamine groups is 2. The van der Waals surface area contributed by atoms with Crippen molar-refractivity contribution in [2.75, 3.05) is 7.05 Å². The Kier molecular flexibility index (Phi) is 3.56. The summed E-state index contributed by atoms with van der Waals surface area (Å²) in [7, 11) is 1.90. The largest absolute Gasteiger partial charge is 0.236 e. The van der Waals surface area contributed by atoms with Gasteiger partial charge in [-0.05, 0) is 79.0 Å². The van der Waals surface area contributed by atoms with Gasteiger partial charge >= 0.3 is 0 Å². The number of benzene rings is 2. The van der Waals surface area contributed by atoms with Crippen molar-refractivity contribution in [3.05, 3.63) is 70.3 Å². The molecule has 0 radical (unpaired) electrons. The van der Waals surface area contributed by atoms with Gasteiger partial charge in [0.15, 0.2) is 0 Å². The topological polar surface area (TPSA) is 24.8 Å². The highest BCUT2D eigenvalue weighted by molar-refractivity contribution is 5.98. The van der Waals surface area contributed by atoms with Crippen LogP contribution in [0.15, 0.2) is 47.5 Å². The number of nitrogens with zero attached hydrogens (tertiary/aromatic N) is 2. The van der Waals surface area contributed by atoms with Crippen LogP contribution in [0.1, 0.15) is 59.4 Å². The Bertz CT molecular complexity index is 1050. The van der Waals surface area contributed by atoms with Gasteiger partial charge in [-0.2, -0.15) is 0 Å². The lowest BCUT2D eigenvalue weighted by Crippen LogP contribution is -2.43. The van der Waals surface area contributed by atoms with Crippen LogP contribution < -0.4 is 0 Å². The Morgan fingerprint density at radius 1 is 1.07 bits per heavy atom. The van der Waals surface area contributed by atoms with E-state index in [0.717, 1.165) is 32.1 Å². The molecule has 3 nitrogen and oxygen atoms in total. The molecule has 146 valence electrons. The van der Waals surface area contributed by atoms with Crippen LogP contribution >= 0.6 is 0 Å². The first-order chi connectivity index (χ1) is 14.1. The second kappa shape index (κ2) is 5.97. The summed E-state index contributed by atoms with van der Waals surface area (Å²) >= 11 is 0. The zero-order chi connectivity index (χ0) is 19.6. The SMILES string of the molecule is C#CC1=NC2(ON1C)c1cc(C3CC3)ccc1CC21CCc2ccccc2CC1. The molecule has 0 bridgehead atoms. The number of terminal acetylenes is 1. The van der Waals surface area contributed by atoms with Crippen LogP contribution in [0.5, 0.6) is 0 Å². The minimum absolute atomic E-state index is 0.0661. The molecule has 1 unspecified atom stereocenters. The van der Waals surface area contributed by atoms with E-state index in [2.05, 4.69) is 48.4 Å². The monoisotopic (exact) mass is 382 g/mol. The maximum Gasteiger partial charge on any atom is 0.219 e. The zero-order valence-electron chi connectivity index (χ0n) is 16.9. The molecule has 1 saturated carbocycles. The van der Waals surface area contributed by atoms with Crippen molar-refractivity contribution in [1.29, 1.82) is 0 Å². The van der Waals surface area contributed by atoms with Crippen molar-refractivity contribution in [1.82, 2.24) is 5.06 Å². The Morgan fingerprint density at radius 3 is 2.41 bits per heavy atom. The fourth-order valence-electron chi connectivity index (χ4n) is 5.87. The lowest BCUT2D eigenvalue weighted by molar-refractivity contribution is -0.224. The molecule has 1 fully saturated rings. The Labute approximate surface area is 172 Å². The molecule has 1 heterocycles. The van der Waals surface area contributed by atoms with Gasteiger partial charge in [-0.1, -0.05) is 42.5 Å². The Hall–Kier alpha value is -2.57. The molecular weight excluding hydrogens is 356 g/mol. The van der Waals surface area contributed by atoms with Crippen LogP contribution in [0.4, 0.5) is 0 Å². The molecule has 3 aliphatic carbocycles. The van der Waals surface area contributed by atoms with Crippen molar-refractivity contribution >= 4 is 5.84 Å². The summed E-state index contributed by atoms with van der Waals surface area (Å²) in [4.78, 5) is 11.8. The predicted octanol–water partition coefficient (Wildman–Crippen LogP) is 4.75. The van der Waals surface area contributed by atoms with Gasteiger partial charge < -0.3 is 0 Å². The van der Waals surface area contributed by atoms with Crippen molar-refractivity contribution in [2.24, 2.45) is 10.4 Å². The first-order valence-corrected chi connectivity index (χ1v) is 10.8. The second-order valence-electron chi connectivity index (χ2n) is 9.23. The Balaban J connectivity index is 1.50. The van der Waals surface area contributed by atoms with Gasteiger partial charge in [-0.15, -0.1) is 6.42 Å². The lowest BCUT2D eigenvalue weighted by atomic mass is 9.71. The summed E-state index contributed by atoms with van der Waals surface area (Å²) < 4.78 is 0. The van der Waals surface area contributed by atoms with Gasteiger partial charge in [-0.25, -0.2) is 14.9 Å². The average molecular weight is 383 g/mol. The molecule has 0 amide bonds. The fraction of sp³-hybridized carbons (Fsp3) is 0.423. The molecule has 1 atom stereocenters. The number of aliphatic imine (C=N–C) groups is 1. The normalized spacial score (nSPS) is 26.8. The van der Waals surface area contributed by atoms with Crippen LogP contribution in [0, 0.1) is 17.8 Å². The van der Waals surface area contributed by atoms with Crippen molar-refractivity contribution < 1.29 is 4.84 Å². The Morgan fingerprint density at radius 2 is 1.79 bits per heavy atom. The lowest BCUT2D eigenvalue weighted by Gasteiger charge is -2.40. The van der Waals surface area contributed by atoms with E-state index in [-0.39, 0.29) is 5.41 Å². The first-order valence-electron chi connectivity index (χ1n) is 10.8. The molecule has 0 saturated heterocycles. The third kappa shape index (κ3) is 2.39. The van der Waals surface area contributed by atoms with Crippen LogP contribution in [-0.2, 0) is 29.8 Å². The van der Waals surface area contributed by atoms with E-state index in [9.17, 15) is 0 Å². The van der Waals surface area contributed by atoms with E-state index >= 15 is 0 Å². The van der Waals surface area contributed by atoms with Crippen LogP contribution in [0.3, 0.4) is 0 Å². The molecule has 2 aromatic carbocycles.